The van der Waals surface area contributed by atoms with Crippen LogP contribution in [0, 0.1) is 12.8 Å². The molecule has 0 radical (unpaired) electrons. The lowest BCUT2D eigenvalue weighted by atomic mass is 10.2. The topological polar surface area (TPSA) is 81.4 Å². The molecule has 0 aliphatic heterocycles. The van der Waals surface area contributed by atoms with E-state index in [-0.39, 0.29) is 5.92 Å². The van der Waals surface area contributed by atoms with Gasteiger partial charge in [-0.1, -0.05) is 6.92 Å². The number of aryl methyl sites for hydroxylation is 1. The summed E-state index contributed by atoms with van der Waals surface area (Å²) in [5.41, 5.74) is 5.52. The molecule has 0 amide bonds. The molecular formula is C11H20N2O3S2. The molecule has 18 heavy (non-hydrogen) atoms. The van der Waals surface area contributed by atoms with Gasteiger partial charge in [0.15, 0.2) is 0 Å². The molecule has 7 heteroatoms. The third-order valence-corrected chi connectivity index (χ3v) is 5.24. The number of methoxy groups -OCH3 is 1. The number of nitrogens with two attached hydrogens (primary N) is 1. The van der Waals surface area contributed by atoms with Crippen molar-refractivity contribution in [2.75, 3.05) is 20.3 Å². The predicted octanol–water partition coefficient (Wildman–Crippen LogP) is 1.08. The number of thiophene rings is 1. The highest BCUT2D eigenvalue weighted by Crippen LogP contribution is 2.25. The SMILES string of the molecule is COCC(C)CNS(=O)(=O)c1cc(CN)sc1C. The summed E-state index contributed by atoms with van der Waals surface area (Å²) in [6, 6.07) is 1.64. The quantitative estimate of drug-likeness (QED) is 0.788. The highest BCUT2D eigenvalue weighted by atomic mass is 32.2. The Morgan fingerprint density at radius 3 is 2.72 bits per heavy atom. The molecule has 1 rings (SSSR count). The number of hydrogen-bond acceptors (Lipinski definition) is 5. The van der Waals surface area contributed by atoms with Crippen LogP contribution in [0.15, 0.2) is 11.0 Å². The zero-order chi connectivity index (χ0) is 13.8. The van der Waals surface area contributed by atoms with Crippen LogP contribution < -0.4 is 10.5 Å². The number of hydrogen-bond donors (Lipinski definition) is 2. The van der Waals surface area contributed by atoms with Crippen LogP contribution in [-0.4, -0.2) is 28.7 Å². The third-order valence-electron chi connectivity index (χ3n) is 2.49. The van der Waals surface area contributed by atoms with Crippen molar-refractivity contribution in [3.63, 3.8) is 0 Å². The van der Waals surface area contributed by atoms with Gasteiger partial charge >= 0.3 is 0 Å². The molecule has 0 bridgehead atoms. The van der Waals surface area contributed by atoms with Crippen molar-refractivity contribution in [2.45, 2.75) is 25.3 Å². The molecule has 0 saturated heterocycles. The fraction of sp³-hybridized carbons (Fsp3) is 0.636. The van der Waals surface area contributed by atoms with E-state index in [0.717, 1.165) is 9.75 Å². The molecule has 1 aromatic heterocycles. The van der Waals surface area contributed by atoms with Crippen molar-refractivity contribution in [3.8, 4) is 0 Å². The Kier molecular flexibility index (Phi) is 5.74. The fourth-order valence-electron chi connectivity index (χ4n) is 1.56. The van der Waals surface area contributed by atoms with Gasteiger partial charge in [-0.2, -0.15) is 0 Å². The van der Waals surface area contributed by atoms with Crippen molar-refractivity contribution in [3.05, 3.63) is 15.8 Å². The summed E-state index contributed by atoms with van der Waals surface area (Å²) in [7, 11) is -1.85. The third kappa shape index (κ3) is 4.03. The van der Waals surface area contributed by atoms with Crippen LogP contribution in [0.3, 0.4) is 0 Å². The van der Waals surface area contributed by atoms with Crippen molar-refractivity contribution in [1.29, 1.82) is 0 Å². The summed E-state index contributed by atoms with van der Waals surface area (Å²) in [6.45, 7) is 4.97. The van der Waals surface area contributed by atoms with E-state index in [0.29, 0.717) is 24.6 Å². The van der Waals surface area contributed by atoms with Gasteiger partial charge < -0.3 is 10.5 Å². The minimum absolute atomic E-state index is 0.137. The largest absolute Gasteiger partial charge is 0.384 e. The minimum Gasteiger partial charge on any atom is -0.384 e. The Morgan fingerprint density at radius 1 is 1.56 bits per heavy atom. The fourth-order valence-corrected chi connectivity index (χ4v) is 4.24. The molecule has 0 aliphatic rings. The maximum Gasteiger partial charge on any atom is 0.241 e. The second kappa shape index (κ2) is 6.63. The van der Waals surface area contributed by atoms with E-state index in [4.69, 9.17) is 10.5 Å². The average Bonchev–Trinajstić information content (AvgIpc) is 2.69. The van der Waals surface area contributed by atoms with E-state index in [9.17, 15) is 8.42 Å². The van der Waals surface area contributed by atoms with Crippen LogP contribution in [0.25, 0.3) is 0 Å². The summed E-state index contributed by atoms with van der Waals surface area (Å²) < 4.78 is 31.8. The van der Waals surface area contributed by atoms with Gasteiger partial charge in [0.05, 0.1) is 4.90 Å². The molecule has 3 N–H and O–H groups in total. The second-order valence-electron chi connectivity index (χ2n) is 4.25. The lowest BCUT2D eigenvalue weighted by Gasteiger charge is -2.11. The van der Waals surface area contributed by atoms with Gasteiger partial charge in [-0.3, -0.25) is 0 Å². The highest BCUT2D eigenvalue weighted by Gasteiger charge is 2.20. The molecule has 104 valence electrons. The van der Waals surface area contributed by atoms with Gasteiger partial charge in [-0.05, 0) is 18.9 Å². The van der Waals surface area contributed by atoms with Crippen LogP contribution >= 0.6 is 11.3 Å². The summed E-state index contributed by atoms with van der Waals surface area (Å²) in [5.74, 6) is 0.137. The molecule has 0 aliphatic carbocycles. The van der Waals surface area contributed by atoms with Gasteiger partial charge in [0.25, 0.3) is 0 Å². The van der Waals surface area contributed by atoms with E-state index < -0.39 is 10.0 Å². The van der Waals surface area contributed by atoms with E-state index in [1.54, 1.807) is 20.1 Å². The molecule has 5 nitrogen and oxygen atoms in total. The van der Waals surface area contributed by atoms with Crippen molar-refractivity contribution >= 4 is 21.4 Å². The molecule has 1 heterocycles. The molecule has 1 atom stereocenters. The van der Waals surface area contributed by atoms with Crippen LogP contribution in [0.4, 0.5) is 0 Å². The zero-order valence-corrected chi connectivity index (χ0v) is 12.5. The number of nitrogens with one attached hydrogen (secondary N) is 1. The Hall–Kier alpha value is -0.470. The van der Waals surface area contributed by atoms with Crippen LogP contribution in [0.2, 0.25) is 0 Å². The minimum atomic E-state index is -3.44. The predicted molar refractivity (Wildman–Crippen MR) is 73.2 cm³/mol. The number of ether oxygens (including phenoxy) is 1. The summed E-state index contributed by atoms with van der Waals surface area (Å²) in [6.07, 6.45) is 0. The number of rotatable bonds is 7. The standard InChI is InChI=1S/C11H20N2O3S2/c1-8(7-16-3)6-13-18(14,15)11-4-10(5-12)17-9(11)2/h4,8,13H,5-7,12H2,1-3H3. The van der Waals surface area contributed by atoms with Gasteiger partial charge in [0.2, 0.25) is 10.0 Å². The highest BCUT2D eigenvalue weighted by molar-refractivity contribution is 7.89. The normalized spacial score (nSPS) is 13.8. The monoisotopic (exact) mass is 292 g/mol. The molecule has 1 aromatic rings. The molecule has 0 spiro atoms. The van der Waals surface area contributed by atoms with Gasteiger partial charge in [0.1, 0.15) is 0 Å². The smallest absolute Gasteiger partial charge is 0.241 e. The second-order valence-corrected chi connectivity index (χ2v) is 7.33. The van der Waals surface area contributed by atoms with Crippen molar-refractivity contribution < 1.29 is 13.2 Å². The molecule has 0 aromatic carbocycles. The zero-order valence-electron chi connectivity index (χ0n) is 10.9. The Bertz CT molecular complexity index is 482. The first-order valence-electron chi connectivity index (χ1n) is 5.68. The van der Waals surface area contributed by atoms with Gasteiger partial charge in [-0.15, -0.1) is 11.3 Å². The summed E-state index contributed by atoms with van der Waals surface area (Å²) in [5, 5.41) is 0. The molecule has 1 unspecified atom stereocenters. The number of sulfonamides is 1. The first-order chi connectivity index (χ1) is 8.40. The summed E-state index contributed by atoms with van der Waals surface area (Å²) in [4.78, 5) is 1.97. The molecule has 0 fully saturated rings. The Balaban J connectivity index is 2.76. The van der Waals surface area contributed by atoms with E-state index in [1.165, 1.54) is 11.3 Å². The lowest BCUT2D eigenvalue weighted by Crippen LogP contribution is -2.30. The van der Waals surface area contributed by atoms with Gasteiger partial charge in [0, 0.05) is 36.6 Å². The van der Waals surface area contributed by atoms with E-state index in [1.807, 2.05) is 6.92 Å². The lowest BCUT2D eigenvalue weighted by molar-refractivity contribution is 0.161. The van der Waals surface area contributed by atoms with Gasteiger partial charge in [-0.25, -0.2) is 13.1 Å². The summed E-state index contributed by atoms with van der Waals surface area (Å²) >= 11 is 1.42. The Morgan fingerprint density at radius 2 is 2.22 bits per heavy atom. The van der Waals surface area contributed by atoms with Crippen molar-refractivity contribution in [2.24, 2.45) is 11.7 Å². The van der Waals surface area contributed by atoms with Crippen LogP contribution in [0.1, 0.15) is 16.7 Å². The van der Waals surface area contributed by atoms with Crippen LogP contribution in [-0.2, 0) is 21.3 Å². The molecular weight excluding hydrogens is 272 g/mol. The Labute approximate surface area is 112 Å². The van der Waals surface area contributed by atoms with E-state index >= 15 is 0 Å². The van der Waals surface area contributed by atoms with E-state index in [2.05, 4.69) is 4.72 Å². The maximum atomic E-state index is 12.1. The molecule has 0 saturated carbocycles. The van der Waals surface area contributed by atoms with Crippen molar-refractivity contribution in [1.82, 2.24) is 4.72 Å². The van der Waals surface area contributed by atoms with Crippen LogP contribution in [0.5, 0.6) is 0 Å². The first kappa shape index (κ1) is 15.6. The maximum absolute atomic E-state index is 12.1. The first-order valence-corrected chi connectivity index (χ1v) is 7.98. The average molecular weight is 292 g/mol.